The predicted octanol–water partition coefficient (Wildman–Crippen LogP) is 4.00. The SMILES string of the molecule is C[C@H](O)c1cccc(OC2CCOC3(CCCCC3)C2)c1. The molecule has 2 atom stereocenters. The number of aliphatic hydroxyl groups is 1. The molecule has 1 heterocycles. The molecular formula is C18H26O3. The highest BCUT2D eigenvalue weighted by Crippen LogP contribution is 2.39. The van der Waals surface area contributed by atoms with Crippen molar-refractivity contribution < 1.29 is 14.6 Å². The van der Waals surface area contributed by atoms with Crippen LogP contribution < -0.4 is 4.74 Å². The second-order valence-electron chi connectivity index (χ2n) is 6.57. The minimum atomic E-state index is -0.451. The van der Waals surface area contributed by atoms with Gasteiger partial charge in [0.1, 0.15) is 11.9 Å². The zero-order chi connectivity index (χ0) is 14.7. The molecule has 1 aliphatic heterocycles. The average Bonchev–Trinajstić information content (AvgIpc) is 2.48. The van der Waals surface area contributed by atoms with E-state index in [2.05, 4.69) is 0 Å². The van der Waals surface area contributed by atoms with Crippen LogP contribution in [-0.2, 0) is 4.74 Å². The molecule has 2 fully saturated rings. The molecule has 0 amide bonds. The molecule has 2 aliphatic rings. The lowest BCUT2D eigenvalue weighted by molar-refractivity contribution is -0.129. The van der Waals surface area contributed by atoms with Gasteiger partial charge in [0.05, 0.1) is 18.3 Å². The molecule has 1 N–H and O–H groups in total. The minimum absolute atomic E-state index is 0.0725. The number of hydrogen-bond acceptors (Lipinski definition) is 3. The first-order chi connectivity index (χ1) is 10.2. The van der Waals surface area contributed by atoms with Crippen LogP contribution in [0.25, 0.3) is 0 Å². The van der Waals surface area contributed by atoms with Crippen LogP contribution in [0.2, 0.25) is 0 Å². The van der Waals surface area contributed by atoms with E-state index in [1.807, 2.05) is 24.3 Å². The molecule has 1 saturated heterocycles. The number of aliphatic hydroxyl groups excluding tert-OH is 1. The maximum Gasteiger partial charge on any atom is 0.120 e. The van der Waals surface area contributed by atoms with Crippen molar-refractivity contribution in [1.29, 1.82) is 0 Å². The first-order valence-corrected chi connectivity index (χ1v) is 8.26. The van der Waals surface area contributed by atoms with Gasteiger partial charge in [0.2, 0.25) is 0 Å². The third-order valence-electron chi connectivity index (χ3n) is 4.86. The van der Waals surface area contributed by atoms with E-state index in [4.69, 9.17) is 9.47 Å². The largest absolute Gasteiger partial charge is 0.490 e. The van der Waals surface area contributed by atoms with Gasteiger partial charge in [-0.1, -0.05) is 31.4 Å². The van der Waals surface area contributed by atoms with Gasteiger partial charge >= 0.3 is 0 Å². The van der Waals surface area contributed by atoms with Gasteiger partial charge in [-0.2, -0.15) is 0 Å². The van der Waals surface area contributed by atoms with E-state index in [9.17, 15) is 5.11 Å². The Kier molecular flexibility index (Phi) is 4.51. The van der Waals surface area contributed by atoms with Crippen molar-refractivity contribution >= 4 is 0 Å². The van der Waals surface area contributed by atoms with Crippen LogP contribution in [0.3, 0.4) is 0 Å². The smallest absolute Gasteiger partial charge is 0.120 e. The van der Waals surface area contributed by atoms with Crippen LogP contribution in [-0.4, -0.2) is 23.4 Å². The quantitative estimate of drug-likeness (QED) is 0.914. The summed E-state index contributed by atoms with van der Waals surface area (Å²) in [4.78, 5) is 0. The normalized spacial score (nSPS) is 26.5. The van der Waals surface area contributed by atoms with Gasteiger partial charge in [-0.05, 0) is 37.5 Å². The molecule has 1 spiro atoms. The highest BCUT2D eigenvalue weighted by Gasteiger charge is 2.39. The molecule has 21 heavy (non-hydrogen) atoms. The fourth-order valence-electron chi connectivity index (χ4n) is 3.67. The van der Waals surface area contributed by atoms with Crippen LogP contribution in [0.1, 0.15) is 63.5 Å². The van der Waals surface area contributed by atoms with E-state index in [0.29, 0.717) is 0 Å². The Labute approximate surface area is 127 Å². The lowest BCUT2D eigenvalue weighted by Gasteiger charge is -2.43. The maximum atomic E-state index is 9.68. The molecular weight excluding hydrogens is 264 g/mol. The summed E-state index contributed by atoms with van der Waals surface area (Å²) >= 11 is 0. The molecule has 116 valence electrons. The first-order valence-electron chi connectivity index (χ1n) is 8.26. The van der Waals surface area contributed by atoms with E-state index in [1.165, 1.54) is 32.1 Å². The molecule has 1 unspecified atom stereocenters. The molecule has 1 aromatic carbocycles. The Morgan fingerprint density at radius 3 is 2.86 bits per heavy atom. The van der Waals surface area contributed by atoms with Crippen LogP contribution in [0.5, 0.6) is 5.75 Å². The fourth-order valence-corrected chi connectivity index (χ4v) is 3.67. The predicted molar refractivity (Wildman–Crippen MR) is 82.5 cm³/mol. The standard InChI is InChI=1S/C18H26O3/c1-14(19)15-6-5-7-16(12-15)21-17-8-11-20-18(13-17)9-3-2-4-10-18/h5-7,12,14,17,19H,2-4,8-11,13H2,1H3/t14-,17?/m0/s1. The lowest BCUT2D eigenvalue weighted by atomic mass is 9.79. The van der Waals surface area contributed by atoms with Gasteiger partial charge in [0.25, 0.3) is 0 Å². The van der Waals surface area contributed by atoms with E-state index in [0.717, 1.165) is 30.8 Å². The van der Waals surface area contributed by atoms with Crippen molar-refractivity contribution in [3.63, 3.8) is 0 Å². The fraction of sp³-hybridized carbons (Fsp3) is 0.667. The second-order valence-corrected chi connectivity index (χ2v) is 6.57. The number of hydrogen-bond donors (Lipinski definition) is 1. The van der Waals surface area contributed by atoms with Gasteiger partial charge in [0.15, 0.2) is 0 Å². The van der Waals surface area contributed by atoms with Crippen molar-refractivity contribution in [3.05, 3.63) is 29.8 Å². The van der Waals surface area contributed by atoms with Crippen molar-refractivity contribution in [2.24, 2.45) is 0 Å². The zero-order valence-electron chi connectivity index (χ0n) is 12.9. The summed E-state index contributed by atoms with van der Waals surface area (Å²) in [5.74, 6) is 0.867. The monoisotopic (exact) mass is 290 g/mol. The summed E-state index contributed by atoms with van der Waals surface area (Å²) in [6, 6.07) is 7.82. The maximum absolute atomic E-state index is 9.68. The number of ether oxygens (including phenoxy) is 2. The zero-order valence-corrected chi connectivity index (χ0v) is 12.9. The van der Waals surface area contributed by atoms with Crippen LogP contribution >= 0.6 is 0 Å². The topological polar surface area (TPSA) is 38.7 Å². The van der Waals surface area contributed by atoms with E-state index in [1.54, 1.807) is 6.92 Å². The molecule has 3 heteroatoms. The molecule has 0 radical (unpaired) electrons. The molecule has 3 rings (SSSR count). The van der Waals surface area contributed by atoms with Gasteiger partial charge in [-0.15, -0.1) is 0 Å². The highest BCUT2D eigenvalue weighted by molar-refractivity contribution is 5.29. The molecule has 0 bridgehead atoms. The number of rotatable bonds is 3. The van der Waals surface area contributed by atoms with E-state index < -0.39 is 6.10 Å². The summed E-state index contributed by atoms with van der Waals surface area (Å²) in [6.45, 7) is 2.59. The highest BCUT2D eigenvalue weighted by atomic mass is 16.5. The van der Waals surface area contributed by atoms with E-state index >= 15 is 0 Å². The Hall–Kier alpha value is -1.06. The Morgan fingerprint density at radius 2 is 2.10 bits per heavy atom. The molecule has 3 nitrogen and oxygen atoms in total. The summed E-state index contributed by atoms with van der Waals surface area (Å²) in [7, 11) is 0. The van der Waals surface area contributed by atoms with E-state index in [-0.39, 0.29) is 11.7 Å². The van der Waals surface area contributed by atoms with Crippen molar-refractivity contribution in [2.45, 2.75) is 69.7 Å². The summed E-state index contributed by atoms with van der Waals surface area (Å²) in [6.07, 6.45) is 8.02. The Bertz CT molecular complexity index is 458. The lowest BCUT2D eigenvalue weighted by Crippen LogP contribution is -2.45. The third-order valence-corrected chi connectivity index (χ3v) is 4.86. The van der Waals surface area contributed by atoms with Gasteiger partial charge < -0.3 is 14.6 Å². The second kappa shape index (κ2) is 6.37. The van der Waals surface area contributed by atoms with Crippen LogP contribution in [0.15, 0.2) is 24.3 Å². The first kappa shape index (κ1) is 14.9. The number of benzene rings is 1. The third kappa shape index (κ3) is 3.58. The average molecular weight is 290 g/mol. The van der Waals surface area contributed by atoms with Crippen molar-refractivity contribution in [3.8, 4) is 5.75 Å². The summed E-state index contributed by atoms with van der Waals surface area (Å²) < 4.78 is 12.3. The van der Waals surface area contributed by atoms with Crippen molar-refractivity contribution in [2.75, 3.05) is 6.61 Å². The molecule has 0 aromatic heterocycles. The van der Waals surface area contributed by atoms with Gasteiger partial charge in [0, 0.05) is 12.8 Å². The summed E-state index contributed by atoms with van der Waals surface area (Å²) in [5, 5.41) is 9.68. The Morgan fingerprint density at radius 1 is 1.29 bits per heavy atom. The molecule has 1 aliphatic carbocycles. The summed E-state index contributed by atoms with van der Waals surface area (Å²) in [5.41, 5.74) is 0.982. The molecule has 1 saturated carbocycles. The van der Waals surface area contributed by atoms with Crippen LogP contribution in [0.4, 0.5) is 0 Å². The Balaban J connectivity index is 1.65. The van der Waals surface area contributed by atoms with Crippen LogP contribution in [0, 0.1) is 0 Å². The van der Waals surface area contributed by atoms with Crippen molar-refractivity contribution in [1.82, 2.24) is 0 Å². The van der Waals surface area contributed by atoms with Gasteiger partial charge in [-0.25, -0.2) is 0 Å². The minimum Gasteiger partial charge on any atom is -0.490 e. The van der Waals surface area contributed by atoms with Gasteiger partial charge in [-0.3, -0.25) is 0 Å². The molecule has 1 aromatic rings.